The van der Waals surface area contributed by atoms with Crippen LogP contribution in [0.1, 0.15) is 17.7 Å². The molecule has 0 aromatic carbocycles. The Bertz CT molecular complexity index is 461. The second kappa shape index (κ2) is 6.97. The Morgan fingerprint density at radius 3 is 2.86 bits per heavy atom. The van der Waals surface area contributed by atoms with E-state index in [9.17, 15) is 0 Å². The van der Waals surface area contributed by atoms with Gasteiger partial charge in [-0.1, -0.05) is 6.07 Å². The quantitative estimate of drug-likeness (QED) is 0.850. The summed E-state index contributed by atoms with van der Waals surface area (Å²) in [5, 5.41) is 2.18. The Hall–Kier alpha value is -0.460. The van der Waals surface area contributed by atoms with Crippen molar-refractivity contribution in [3.8, 4) is 0 Å². The zero-order valence-corrected chi connectivity index (χ0v) is 14.0. The summed E-state index contributed by atoms with van der Waals surface area (Å²) in [5.41, 5.74) is 0. The Kier molecular flexibility index (Phi) is 4.78. The van der Waals surface area contributed by atoms with Gasteiger partial charge in [-0.2, -0.15) is 0 Å². The molecule has 0 saturated carbocycles. The van der Waals surface area contributed by atoms with Gasteiger partial charge in [0.05, 0.1) is 12.7 Å². The van der Waals surface area contributed by atoms with Crippen molar-refractivity contribution in [3.05, 3.63) is 22.4 Å². The lowest BCUT2D eigenvalue weighted by Crippen LogP contribution is -2.39. The van der Waals surface area contributed by atoms with Crippen LogP contribution in [-0.2, 0) is 16.0 Å². The molecule has 5 heteroatoms. The highest BCUT2D eigenvalue weighted by molar-refractivity contribution is 7.09. The van der Waals surface area contributed by atoms with Crippen LogP contribution in [0.4, 0.5) is 0 Å². The smallest absolute Gasteiger partial charge is 0.0755 e. The second-order valence-corrected chi connectivity index (χ2v) is 7.81. The monoisotopic (exact) mass is 322 g/mol. The van der Waals surface area contributed by atoms with Crippen LogP contribution >= 0.6 is 11.3 Å². The SMILES string of the molecule is c1csc(CN2CCO[C@H]3CN(C4CCOCC4)C[C@H]3C2)c1. The molecule has 4 rings (SSSR count). The van der Waals surface area contributed by atoms with E-state index in [4.69, 9.17) is 9.47 Å². The molecule has 0 unspecified atom stereocenters. The average Bonchev–Trinajstić information content (AvgIpc) is 3.15. The van der Waals surface area contributed by atoms with Gasteiger partial charge in [0.15, 0.2) is 0 Å². The molecule has 0 radical (unpaired) electrons. The molecule has 0 spiro atoms. The lowest BCUT2D eigenvalue weighted by molar-refractivity contribution is 0.0243. The molecule has 1 aromatic rings. The third-order valence-electron chi connectivity index (χ3n) is 5.31. The molecule has 0 bridgehead atoms. The first-order chi connectivity index (χ1) is 10.9. The van der Waals surface area contributed by atoms with Crippen molar-refractivity contribution in [2.45, 2.75) is 31.5 Å². The fourth-order valence-corrected chi connectivity index (χ4v) is 4.85. The first-order valence-electron chi connectivity index (χ1n) is 8.56. The molecule has 3 saturated heterocycles. The standard InChI is InChI=1S/C17H26N2O2S/c1-2-16(22-9-1)12-18-5-8-21-17-13-19(11-14(17)10-18)15-3-6-20-7-4-15/h1-2,9,14-15,17H,3-8,10-13H2/t14-,17+/m1/s1. The van der Waals surface area contributed by atoms with Crippen LogP contribution in [0.2, 0.25) is 0 Å². The van der Waals surface area contributed by atoms with Gasteiger partial charge in [-0.3, -0.25) is 9.80 Å². The molecule has 1 aromatic heterocycles. The summed E-state index contributed by atoms with van der Waals surface area (Å²) >= 11 is 1.87. The third-order valence-corrected chi connectivity index (χ3v) is 6.17. The molecule has 22 heavy (non-hydrogen) atoms. The minimum atomic E-state index is 0.441. The van der Waals surface area contributed by atoms with Crippen molar-refractivity contribution in [2.24, 2.45) is 5.92 Å². The number of ether oxygens (including phenoxy) is 2. The summed E-state index contributed by atoms with van der Waals surface area (Å²) in [4.78, 5) is 6.73. The molecule has 4 nitrogen and oxygen atoms in total. The lowest BCUT2D eigenvalue weighted by atomic mass is 10.1. The maximum atomic E-state index is 6.19. The second-order valence-electron chi connectivity index (χ2n) is 6.78. The van der Waals surface area contributed by atoms with Gasteiger partial charge >= 0.3 is 0 Å². The van der Waals surface area contributed by atoms with E-state index in [1.807, 2.05) is 11.3 Å². The molecule has 0 aliphatic carbocycles. The first kappa shape index (κ1) is 15.1. The minimum absolute atomic E-state index is 0.441. The van der Waals surface area contributed by atoms with Crippen LogP contribution in [0.5, 0.6) is 0 Å². The first-order valence-corrected chi connectivity index (χ1v) is 9.44. The summed E-state index contributed by atoms with van der Waals surface area (Å²) in [5.74, 6) is 0.672. The topological polar surface area (TPSA) is 24.9 Å². The highest BCUT2D eigenvalue weighted by Crippen LogP contribution is 2.28. The van der Waals surface area contributed by atoms with Gasteiger partial charge in [0, 0.05) is 62.8 Å². The maximum absolute atomic E-state index is 6.19. The molecule has 0 N–H and O–H groups in total. The van der Waals surface area contributed by atoms with Crippen LogP contribution in [0.15, 0.2) is 17.5 Å². The van der Waals surface area contributed by atoms with Crippen LogP contribution in [0.25, 0.3) is 0 Å². The average molecular weight is 322 g/mol. The Morgan fingerprint density at radius 1 is 1.14 bits per heavy atom. The minimum Gasteiger partial charge on any atom is -0.381 e. The van der Waals surface area contributed by atoms with E-state index >= 15 is 0 Å². The molecule has 3 aliphatic rings. The number of thiophene rings is 1. The van der Waals surface area contributed by atoms with E-state index in [2.05, 4.69) is 27.3 Å². The molecule has 122 valence electrons. The number of fused-ring (bicyclic) bond motifs is 1. The van der Waals surface area contributed by atoms with Gasteiger partial charge in [0.2, 0.25) is 0 Å². The van der Waals surface area contributed by atoms with Crippen molar-refractivity contribution in [3.63, 3.8) is 0 Å². The molecule has 0 amide bonds. The van der Waals surface area contributed by atoms with Crippen molar-refractivity contribution >= 4 is 11.3 Å². The van der Waals surface area contributed by atoms with Gasteiger partial charge < -0.3 is 9.47 Å². The molecular weight excluding hydrogens is 296 g/mol. The largest absolute Gasteiger partial charge is 0.381 e. The van der Waals surface area contributed by atoms with Crippen molar-refractivity contribution in [2.75, 3.05) is 46.0 Å². The molecule has 3 aliphatic heterocycles. The summed E-state index contributed by atoms with van der Waals surface area (Å²) in [6, 6.07) is 5.12. The Balaban J connectivity index is 1.36. The predicted molar refractivity (Wildman–Crippen MR) is 88.2 cm³/mol. The van der Waals surface area contributed by atoms with Crippen LogP contribution in [0, 0.1) is 5.92 Å². The Labute approximate surface area is 137 Å². The van der Waals surface area contributed by atoms with E-state index in [1.165, 1.54) is 30.8 Å². The van der Waals surface area contributed by atoms with Gasteiger partial charge in [0.1, 0.15) is 0 Å². The molecule has 3 fully saturated rings. The predicted octanol–water partition coefficient (Wildman–Crippen LogP) is 2.06. The highest BCUT2D eigenvalue weighted by Gasteiger charge is 2.39. The number of nitrogens with zero attached hydrogens (tertiary/aromatic N) is 2. The summed E-state index contributed by atoms with van der Waals surface area (Å²) in [7, 11) is 0. The van der Waals surface area contributed by atoms with Crippen molar-refractivity contribution in [1.82, 2.24) is 9.80 Å². The van der Waals surface area contributed by atoms with Gasteiger partial charge in [-0.15, -0.1) is 11.3 Å². The normalized spacial score (nSPS) is 32.0. The number of hydrogen-bond acceptors (Lipinski definition) is 5. The number of likely N-dealkylation sites (tertiary alicyclic amines) is 1. The summed E-state index contributed by atoms with van der Waals surface area (Å²) < 4.78 is 11.7. The zero-order chi connectivity index (χ0) is 14.8. The number of hydrogen-bond donors (Lipinski definition) is 0. The van der Waals surface area contributed by atoms with Crippen molar-refractivity contribution in [1.29, 1.82) is 0 Å². The summed E-state index contributed by atoms with van der Waals surface area (Å²) in [6.07, 6.45) is 2.83. The zero-order valence-electron chi connectivity index (χ0n) is 13.2. The van der Waals surface area contributed by atoms with Gasteiger partial charge in [-0.25, -0.2) is 0 Å². The van der Waals surface area contributed by atoms with E-state index in [1.54, 1.807) is 0 Å². The van der Waals surface area contributed by atoms with E-state index in [0.29, 0.717) is 12.0 Å². The van der Waals surface area contributed by atoms with Gasteiger partial charge in [0.25, 0.3) is 0 Å². The summed E-state index contributed by atoms with van der Waals surface area (Å²) in [6.45, 7) is 8.42. The number of rotatable bonds is 3. The van der Waals surface area contributed by atoms with Crippen LogP contribution in [-0.4, -0.2) is 67.9 Å². The van der Waals surface area contributed by atoms with Crippen molar-refractivity contribution < 1.29 is 9.47 Å². The fourth-order valence-electron chi connectivity index (χ4n) is 4.11. The van der Waals surface area contributed by atoms with Crippen LogP contribution in [0.3, 0.4) is 0 Å². The van der Waals surface area contributed by atoms with E-state index < -0.39 is 0 Å². The maximum Gasteiger partial charge on any atom is 0.0755 e. The van der Waals surface area contributed by atoms with Gasteiger partial charge in [-0.05, 0) is 24.3 Å². The molecular formula is C17H26N2O2S. The van der Waals surface area contributed by atoms with Crippen LogP contribution < -0.4 is 0 Å². The highest BCUT2D eigenvalue weighted by atomic mass is 32.1. The molecule has 4 heterocycles. The third kappa shape index (κ3) is 3.39. The molecule has 2 atom stereocenters. The Morgan fingerprint density at radius 2 is 2.05 bits per heavy atom. The lowest BCUT2D eigenvalue weighted by Gasteiger charge is -2.31. The van der Waals surface area contributed by atoms with E-state index in [-0.39, 0.29) is 0 Å². The fraction of sp³-hybridized carbons (Fsp3) is 0.765. The van der Waals surface area contributed by atoms with E-state index in [0.717, 1.165) is 45.5 Å².